The van der Waals surface area contributed by atoms with Crippen LogP contribution in [0.1, 0.15) is 11.3 Å². The summed E-state index contributed by atoms with van der Waals surface area (Å²) in [6.07, 6.45) is 1.41. The molecule has 4 heteroatoms. The Hall–Kier alpha value is -1.76. The quantitative estimate of drug-likeness (QED) is 0.569. The molecular formula is C7H4N2O2. The van der Waals surface area contributed by atoms with Gasteiger partial charge in [0.2, 0.25) is 0 Å². The van der Waals surface area contributed by atoms with Gasteiger partial charge in [0.1, 0.15) is 23.7 Å². The van der Waals surface area contributed by atoms with E-state index in [1.54, 1.807) is 6.92 Å². The lowest BCUT2D eigenvalue weighted by Gasteiger charge is -1.78. The van der Waals surface area contributed by atoms with Crippen molar-refractivity contribution in [2.75, 3.05) is 0 Å². The average Bonchev–Trinajstić information content (AvgIpc) is 2.46. The van der Waals surface area contributed by atoms with Crippen LogP contribution in [0, 0.1) is 18.3 Å². The van der Waals surface area contributed by atoms with Gasteiger partial charge in [0.25, 0.3) is 5.71 Å². The molecule has 0 N–H and O–H groups in total. The SMILES string of the molecule is Cc1oc2nocc2c1C#N. The minimum absolute atomic E-state index is 0.388. The number of hydrogen-bond donors (Lipinski definition) is 0. The van der Waals surface area contributed by atoms with Gasteiger partial charge >= 0.3 is 0 Å². The summed E-state index contributed by atoms with van der Waals surface area (Å²) in [5, 5.41) is 12.8. The van der Waals surface area contributed by atoms with Crippen molar-refractivity contribution in [3.63, 3.8) is 0 Å². The summed E-state index contributed by atoms with van der Waals surface area (Å²) < 4.78 is 9.71. The lowest BCUT2D eigenvalue weighted by molar-refractivity contribution is 0.406. The second-order valence-corrected chi connectivity index (χ2v) is 2.18. The lowest BCUT2D eigenvalue weighted by Crippen LogP contribution is -1.70. The first-order valence-corrected chi connectivity index (χ1v) is 3.06. The summed E-state index contributed by atoms with van der Waals surface area (Å²) in [6.45, 7) is 1.72. The van der Waals surface area contributed by atoms with Gasteiger partial charge < -0.3 is 8.94 Å². The summed E-state index contributed by atoms with van der Waals surface area (Å²) in [7, 11) is 0. The van der Waals surface area contributed by atoms with Gasteiger partial charge in [0.05, 0.1) is 5.39 Å². The highest BCUT2D eigenvalue weighted by Crippen LogP contribution is 2.22. The second-order valence-electron chi connectivity index (χ2n) is 2.18. The van der Waals surface area contributed by atoms with Crippen LogP contribution in [-0.4, -0.2) is 5.16 Å². The molecule has 0 atom stereocenters. The number of nitriles is 1. The molecule has 0 fully saturated rings. The summed E-state index contributed by atoms with van der Waals surface area (Å²) in [6, 6.07) is 2.01. The van der Waals surface area contributed by atoms with Crippen LogP contribution >= 0.6 is 0 Å². The van der Waals surface area contributed by atoms with Crippen LogP contribution in [0.15, 0.2) is 15.2 Å². The predicted molar refractivity (Wildman–Crippen MR) is 35.7 cm³/mol. The first kappa shape index (κ1) is 5.98. The Morgan fingerprint density at radius 1 is 1.64 bits per heavy atom. The molecule has 0 saturated heterocycles. The van der Waals surface area contributed by atoms with Crippen molar-refractivity contribution in [2.45, 2.75) is 6.92 Å². The Balaban J connectivity index is 2.94. The molecule has 0 saturated carbocycles. The van der Waals surface area contributed by atoms with E-state index in [1.807, 2.05) is 6.07 Å². The maximum Gasteiger partial charge on any atom is 0.268 e. The Morgan fingerprint density at radius 2 is 2.45 bits per heavy atom. The Labute approximate surface area is 62.0 Å². The van der Waals surface area contributed by atoms with Crippen LogP contribution in [0.5, 0.6) is 0 Å². The smallest absolute Gasteiger partial charge is 0.268 e. The average molecular weight is 148 g/mol. The highest BCUT2D eigenvalue weighted by atomic mass is 16.5. The molecule has 2 aromatic heterocycles. The van der Waals surface area contributed by atoms with Crippen LogP contribution in [0.3, 0.4) is 0 Å². The van der Waals surface area contributed by atoms with Gasteiger partial charge in [-0.05, 0) is 12.1 Å². The van der Waals surface area contributed by atoms with Crippen molar-refractivity contribution in [2.24, 2.45) is 0 Å². The third kappa shape index (κ3) is 0.649. The minimum Gasteiger partial charge on any atom is -0.439 e. The van der Waals surface area contributed by atoms with Gasteiger partial charge in [-0.25, -0.2) is 0 Å². The first-order chi connectivity index (χ1) is 5.33. The van der Waals surface area contributed by atoms with E-state index < -0.39 is 0 Å². The lowest BCUT2D eigenvalue weighted by atomic mass is 10.2. The van der Waals surface area contributed by atoms with E-state index in [-0.39, 0.29) is 0 Å². The fourth-order valence-electron chi connectivity index (χ4n) is 0.991. The molecule has 2 rings (SSSR count). The van der Waals surface area contributed by atoms with Crippen molar-refractivity contribution in [1.29, 1.82) is 5.26 Å². The van der Waals surface area contributed by atoms with E-state index in [9.17, 15) is 0 Å². The maximum absolute atomic E-state index is 8.64. The topological polar surface area (TPSA) is 63.0 Å². The van der Waals surface area contributed by atoms with E-state index in [4.69, 9.17) is 9.68 Å². The van der Waals surface area contributed by atoms with Crippen molar-refractivity contribution in [3.05, 3.63) is 17.6 Å². The van der Waals surface area contributed by atoms with Crippen molar-refractivity contribution in [3.8, 4) is 6.07 Å². The van der Waals surface area contributed by atoms with Gasteiger partial charge in [-0.2, -0.15) is 5.26 Å². The van der Waals surface area contributed by atoms with Gasteiger partial charge in [0.15, 0.2) is 0 Å². The zero-order valence-corrected chi connectivity index (χ0v) is 5.79. The largest absolute Gasteiger partial charge is 0.439 e. The summed E-state index contributed by atoms with van der Waals surface area (Å²) in [5.74, 6) is 0.584. The molecule has 0 spiro atoms. The van der Waals surface area contributed by atoms with Gasteiger partial charge in [-0.1, -0.05) is 0 Å². The Bertz CT molecular complexity index is 433. The molecule has 4 nitrogen and oxygen atoms in total. The number of rotatable bonds is 0. The fraction of sp³-hybridized carbons (Fsp3) is 0.143. The minimum atomic E-state index is 0.388. The summed E-state index contributed by atoms with van der Waals surface area (Å²) in [4.78, 5) is 0. The molecule has 0 aliphatic heterocycles. The molecule has 0 aromatic carbocycles. The van der Waals surface area contributed by atoms with E-state index >= 15 is 0 Å². The molecule has 11 heavy (non-hydrogen) atoms. The van der Waals surface area contributed by atoms with Crippen LogP contribution in [-0.2, 0) is 0 Å². The third-order valence-corrected chi connectivity index (χ3v) is 1.52. The van der Waals surface area contributed by atoms with E-state index in [2.05, 4.69) is 9.68 Å². The van der Waals surface area contributed by atoms with E-state index in [0.29, 0.717) is 22.4 Å². The number of fused-ring (bicyclic) bond motifs is 1. The maximum atomic E-state index is 8.64. The van der Waals surface area contributed by atoms with Crippen LogP contribution in [0.25, 0.3) is 11.1 Å². The van der Waals surface area contributed by atoms with Gasteiger partial charge in [-0.3, -0.25) is 0 Å². The Morgan fingerprint density at radius 3 is 3.18 bits per heavy atom. The predicted octanol–water partition coefficient (Wildman–Crippen LogP) is 1.60. The van der Waals surface area contributed by atoms with E-state index in [0.717, 1.165) is 0 Å². The highest BCUT2D eigenvalue weighted by Gasteiger charge is 2.12. The number of aromatic nitrogens is 1. The number of aryl methyl sites for hydroxylation is 1. The second kappa shape index (κ2) is 1.86. The van der Waals surface area contributed by atoms with E-state index in [1.165, 1.54) is 6.26 Å². The van der Waals surface area contributed by atoms with Gasteiger partial charge in [0, 0.05) is 0 Å². The van der Waals surface area contributed by atoms with Crippen molar-refractivity contribution >= 4 is 11.1 Å². The molecule has 2 heterocycles. The molecule has 0 amide bonds. The molecule has 0 radical (unpaired) electrons. The number of furan rings is 1. The molecule has 2 aromatic rings. The molecule has 0 aliphatic carbocycles. The first-order valence-electron chi connectivity index (χ1n) is 3.06. The summed E-state index contributed by atoms with van der Waals surface area (Å²) >= 11 is 0. The Kier molecular flexibility index (Phi) is 1.01. The normalized spacial score (nSPS) is 10.2. The van der Waals surface area contributed by atoms with Crippen molar-refractivity contribution in [1.82, 2.24) is 5.16 Å². The molecule has 0 bridgehead atoms. The molecule has 0 unspecified atom stereocenters. The standard InChI is InChI=1S/C7H4N2O2/c1-4-5(2-8)6-3-10-9-7(6)11-4/h3H,1H3. The zero-order valence-electron chi connectivity index (χ0n) is 5.79. The summed E-state index contributed by atoms with van der Waals surface area (Å²) in [5.41, 5.74) is 0.889. The van der Waals surface area contributed by atoms with Gasteiger partial charge in [-0.15, -0.1) is 0 Å². The van der Waals surface area contributed by atoms with Crippen LogP contribution in [0.4, 0.5) is 0 Å². The third-order valence-electron chi connectivity index (χ3n) is 1.52. The molecule has 0 aliphatic rings. The molecular weight excluding hydrogens is 144 g/mol. The fourth-order valence-corrected chi connectivity index (χ4v) is 0.991. The van der Waals surface area contributed by atoms with Crippen LogP contribution in [0.2, 0.25) is 0 Å². The monoisotopic (exact) mass is 148 g/mol. The van der Waals surface area contributed by atoms with Crippen molar-refractivity contribution < 1.29 is 8.94 Å². The number of nitrogens with zero attached hydrogens (tertiary/aromatic N) is 2. The molecule has 54 valence electrons. The number of hydrogen-bond acceptors (Lipinski definition) is 4. The zero-order chi connectivity index (χ0) is 7.84. The highest BCUT2D eigenvalue weighted by molar-refractivity contribution is 5.80. The van der Waals surface area contributed by atoms with Crippen LogP contribution < -0.4 is 0 Å².